The first-order chi connectivity index (χ1) is 16.9. The average molecular weight is 485 g/mol. The Balaban J connectivity index is 1.47. The molecule has 1 unspecified atom stereocenters. The first-order valence-electron chi connectivity index (χ1n) is 11.3. The van der Waals surface area contributed by atoms with Crippen LogP contribution in [0.1, 0.15) is 34.1 Å². The van der Waals surface area contributed by atoms with E-state index in [0.29, 0.717) is 36.8 Å². The molecule has 10 heteroatoms. The number of carbonyl (C=O) groups is 4. The quantitative estimate of drug-likeness (QED) is 0.364. The van der Waals surface area contributed by atoms with Crippen LogP contribution in [-0.4, -0.2) is 79.2 Å². The summed E-state index contributed by atoms with van der Waals surface area (Å²) in [7, 11) is 0. The SMILES string of the molecule is CCOc1ccc(C(=O)COC(=O)c2ccc(NC(=O)CC3OCCN(CCO)C3=O)cc2)cc1. The van der Waals surface area contributed by atoms with Crippen LogP contribution in [0.5, 0.6) is 5.75 Å². The van der Waals surface area contributed by atoms with E-state index < -0.39 is 24.6 Å². The van der Waals surface area contributed by atoms with Gasteiger partial charge in [-0.1, -0.05) is 0 Å². The van der Waals surface area contributed by atoms with Gasteiger partial charge >= 0.3 is 5.97 Å². The Kier molecular flexibility index (Phi) is 9.33. The predicted octanol–water partition coefficient (Wildman–Crippen LogP) is 1.67. The van der Waals surface area contributed by atoms with Crippen LogP contribution in [0.3, 0.4) is 0 Å². The van der Waals surface area contributed by atoms with E-state index in [0.717, 1.165) is 0 Å². The molecule has 1 aliphatic heterocycles. The van der Waals surface area contributed by atoms with Crippen LogP contribution in [0, 0.1) is 0 Å². The third kappa shape index (κ3) is 7.36. The second-order valence-corrected chi connectivity index (χ2v) is 7.69. The molecule has 1 aliphatic rings. The molecule has 10 nitrogen and oxygen atoms in total. The van der Waals surface area contributed by atoms with Crippen LogP contribution in [0.2, 0.25) is 0 Å². The summed E-state index contributed by atoms with van der Waals surface area (Å²) >= 11 is 0. The van der Waals surface area contributed by atoms with E-state index in [9.17, 15) is 19.2 Å². The lowest BCUT2D eigenvalue weighted by Crippen LogP contribution is -2.49. The van der Waals surface area contributed by atoms with Crippen molar-refractivity contribution in [3.8, 4) is 5.75 Å². The first kappa shape index (κ1) is 25.9. The molecule has 1 saturated heterocycles. The Labute approximate surface area is 202 Å². The van der Waals surface area contributed by atoms with E-state index in [-0.39, 0.29) is 36.8 Å². The van der Waals surface area contributed by atoms with Crippen molar-refractivity contribution in [3.63, 3.8) is 0 Å². The zero-order chi connectivity index (χ0) is 25.2. The van der Waals surface area contributed by atoms with Crippen molar-refractivity contribution in [2.45, 2.75) is 19.4 Å². The van der Waals surface area contributed by atoms with Crippen LogP contribution in [-0.2, 0) is 19.1 Å². The van der Waals surface area contributed by atoms with Gasteiger partial charge in [0.1, 0.15) is 11.9 Å². The van der Waals surface area contributed by atoms with Crippen molar-refractivity contribution in [1.82, 2.24) is 4.90 Å². The largest absolute Gasteiger partial charge is 0.494 e. The number of anilines is 1. The summed E-state index contributed by atoms with van der Waals surface area (Å²) in [6.45, 7) is 2.68. The number of hydrogen-bond acceptors (Lipinski definition) is 8. The van der Waals surface area contributed by atoms with Crippen LogP contribution in [0.25, 0.3) is 0 Å². The number of nitrogens with one attached hydrogen (secondary N) is 1. The molecular formula is C25H28N2O8. The number of aliphatic hydroxyl groups is 1. The Morgan fingerprint density at radius 1 is 1.09 bits per heavy atom. The van der Waals surface area contributed by atoms with Gasteiger partial charge < -0.3 is 29.5 Å². The Hall–Kier alpha value is -3.76. The maximum absolute atomic E-state index is 12.3. The molecule has 0 aromatic heterocycles. The normalized spacial score (nSPS) is 15.4. The van der Waals surface area contributed by atoms with E-state index in [1.807, 2.05) is 6.92 Å². The molecule has 0 radical (unpaired) electrons. The van der Waals surface area contributed by atoms with Crippen molar-refractivity contribution >= 4 is 29.3 Å². The Morgan fingerprint density at radius 2 is 1.77 bits per heavy atom. The zero-order valence-corrected chi connectivity index (χ0v) is 19.4. The number of hydrogen-bond donors (Lipinski definition) is 2. The molecule has 1 atom stereocenters. The van der Waals surface area contributed by atoms with Gasteiger partial charge in [-0.2, -0.15) is 0 Å². The van der Waals surface area contributed by atoms with E-state index in [4.69, 9.17) is 19.3 Å². The zero-order valence-electron chi connectivity index (χ0n) is 19.4. The van der Waals surface area contributed by atoms with Crippen LogP contribution >= 0.6 is 0 Å². The Morgan fingerprint density at radius 3 is 2.43 bits per heavy atom. The number of β-amino-alcohol motifs (C(OH)–C–C–N with tert-alkyl or cyclic N) is 1. The minimum atomic E-state index is -0.905. The monoisotopic (exact) mass is 484 g/mol. The molecular weight excluding hydrogens is 456 g/mol. The highest BCUT2D eigenvalue weighted by Crippen LogP contribution is 2.15. The number of esters is 1. The summed E-state index contributed by atoms with van der Waals surface area (Å²) in [4.78, 5) is 50.6. The van der Waals surface area contributed by atoms with Gasteiger partial charge in [-0.25, -0.2) is 4.79 Å². The number of aliphatic hydroxyl groups excluding tert-OH is 1. The summed E-state index contributed by atoms with van der Waals surface area (Å²) in [6.07, 6.45) is -1.07. The van der Waals surface area contributed by atoms with Gasteiger partial charge in [-0.3, -0.25) is 14.4 Å². The molecule has 2 N–H and O–H groups in total. The van der Waals surface area contributed by atoms with Gasteiger partial charge in [-0.15, -0.1) is 0 Å². The maximum atomic E-state index is 12.3. The molecule has 1 fully saturated rings. The number of benzene rings is 2. The second kappa shape index (κ2) is 12.6. The average Bonchev–Trinajstić information content (AvgIpc) is 2.86. The van der Waals surface area contributed by atoms with E-state index >= 15 is 0 Å². The first-order valence-corrected chi connectivity index (χ1v) is 11.3. The maximum Gasteiger partial charge on any atom is 0.338 e. The minimum absolute atomic E-state index is 0.158. The third-order valence-electron chi connectivity index (χ3n) is 5.23. The highest BCUT2D eigenvalue weighted by molar-refractivity contribution is 6.00. The summed E-state index contributed by atoms with van der Waals surface area (Å²) in [6, 6.07) is 12.5. The van der Waals surface area contributed by atoms with Crippen molar-refractivity contribution in [3.05, 3.63) is 59.7 Å². The molecule has 0 bridgehead atoms. The fraction of sp³-hybridized carbons (Fsp3) is 0.360. The van der Waals surface area contributed by atoms with E-state index in [2.05, 4.69) is 5.32 Å². The van der Waals surface area contributed by atoms with Gasteiger partial charge in [0.05, 0.1) is 31.8 Å². The van der Waals surface area contributed by atoms with Gasteiger partial charge in [0.2, 0.25) is 5.91 Å². The molecule has 0 spiro atoms. The molecule has 2 aromatic carbocycles. The fourth-order valence-corrected chi connectivity index (χ4v) is 3.45. The number of amides is 2. The predicted molar refractivity (Wildman–Crippen MR) is 125 cm³/mol. The molecule has 2 aromatic rings. The third-order valence-corrected chi connectivity index (χ3v) is 5.23. The molecule has 1 heterocycles. The van der Waals surface area contributed by atoms with Gasteiger partial charge in [0.15, 0.2) is 12.4 Å². The molecule has 35 heavy (non-hydrogen) atoms. The van der Waals surface area contributed by atoms with E-state index in [1.54, 1.807) is 24.3 Å². The molecule has 0 aliphatic carbocycles. The van der Waals surface area contributed by atoms with Crippen molar-refractivity contribution in [2.75, 3.05) is 44.8 Å². The number of ether oxygens (including phenoxy) is 3. The number of morpholine rings is 1. The lowest BCUT2D eigenvalue weighted by Gasteiger charge is -2.31. The Bertz CT molecular complexity index is 1030. The highest BCUT2D eigenvalue weighted by atomic mass is 16.5. The van der Waals surface area contributed by atoms with Crippen molar-refractivity contribution in [1.29, 1.82) is 0 Å². The summed E-state index contributed by atoms with van der Waals surface area (Å²) in [5.74, 6) is -1.13. The van der Waals surface area contributed by atoms with Gasteiger partial charge in [0, 0.05) is 24.3 Å². The summed E-state index contributed by atoms with van der Waals surface area (Å²) in [5.41, 5.74) is 1.04. The van der Waals surface area contributed by atoms with Crippen LogP contribution < -0.4 is 10.1 Å². The van der Waals surface area contributed by atoms with Gasteiger partial charge in [0.25, 0.3) is 5.91 Å². The smallest absolute Gasteiger partial charge is 0.338 e. The lowest BCUT2D eigenvalue weighted by atomic mass is 10.1. The van der Waals surface area contributed by atoms with Crippen molar-refractivity contribution < 1.29 is 38.5 Å². The standard InChI is InChI=1S/C25H28N2O8/c1-2-33-20-9-5-17(6-10-20)21(29)16-35-25(32)18-3-7-19(8-4-18)26-23(30)15-22-24(31)27(11-13-28)12-14-34-22/h3-10,22,28H,2,11-16H2,1H3,(H,26,30). The number of carbonyl (C=O) groups excluding carboxylic acids is 4. The minimum Gasteiger partial charge on any atom is -0.494 e. The van der Waals surface area contributed by atoms with Crippen LogP contribution in [0.15, 0.2) is 48.5 Å². The molecule has 0 saturated carbocycles. The number of rotatable bonds is 11. The fourth-order valence-electron chi connectivity index (χ4n) is 3.45. The number of Topliss-reactive ketones (excluding diaryl/α,β-unsaturated/α-hetero) is 1. The summed E-state index contributed by atoms with van der Waals surface area (Å²) < 4.78 is 15.8. The van der Waals surface area contributed by atoms with E-state index in [1.165, 1.54) is 29.2 Å². The summed E-state index contributed by atoms with van der Waals surface area (Å²) in [5, 5.41) is 11.7. The number of nitrogens with zero attached hydrogens (tertiary/aromatic N) is 1. The second-order valence-electron chi connectivity index (χ2n) is 7.69. The molecule has 3 rings (SSSR count). The van der Waals surface area contributed by atoms with Crippen molar-refractivity contribution in [2.24, 2.45) is 0 Å². The molecule has 2 amide bonds. The molecule has 186 valence electrons. The number of ketones is 1. The lowest BCUT2D eigenvalue weighted by molar-refractivity contribution is -0.155. The van der Waals surface area contributed by atoms with Gasteiger partial charge in [-0.05, 0) is 55.5 Å². The van der Waals surface area contributed by atoms with Crippen LogP contribution in [0.4, 0.5) is 5.69 Å². The highest BCUT2D eigenvalue weighted by Gasteiger charge is 2.31. The topological polar surface area (TPSA) is 131 Å².